The number of hydrogen-bond acceptors (Lipinski definition) is 10. The third kappa shape index (κ3) is 10.6. The number of nitrogens with zero attached hydrogens (tertiary/aromatic N) is 4. The Kier molecular flexibility index (Phi) is 13.3. The van der Waals surface area contributed by atoms with Crippen molar-refractivity contribution in [2.45, 2.75) is 56.9 Å². The minimum absolute atomic E-state index is 0.0385. The Labute approximate surface area is 364 Å². The van der Waals surface area contributed by atoms with Gasteiger partial charge in [-0.1, -0.05) is 54.8 Å². The molecule has 0 unspecified atom stereocenters. The van der Waals surface area contributed by atoms with Crippen LogP contribution in [0.2, 0.25) is 10.0 Å². The van der Waals surface area contributed by atoms with Crippen molar-refractivity contribution in [1.82, 2.24) is 14.5 Å². The highest BCUT2D eigenvalue weighted by Crippen LogP contribution is 2.44. The molecule has 0 aromatic heterocycles. The normalized spacial score (nSPS) is 17.9. The topological polar surface area (TPSA) is 137 Å². The highest BCUT2D eigenvalue weighted by Gasteiger charge is 2.31. The third-order valence-electron chi connectivity index (χ3n) is 11.7. The number of allylic oxidation sites excluding steroid dienone is 1. The number of benzene rings is 4. The molecular formula is C44H48Cl2F2N6O6S. The van der Waals surface area contributed by atoms with E-state index in [9.17, 15) is 32.1 Å². The summed E-state index contributed by atoms with van der Waals surface area (Å²) in [5.41, 5.74) is 4.15. The van der Waals surface area contributed by atoms with Crippen LogP contribution in [0.25, 0.3) is 5.57 Å². The molecule has 2 saturated heterocycles. The number of hydrogen-bond donors (Lipinski definition) is 2. The molecule has 17 heteroatoms. The lowest BCUT2D eigenvalue weighted by Gasteiger charge is -2.39. The van der Waals surface area contributed by atoms with Gasteiger partial charge in [-0.25, -0.2) is 21.9 Å². The average Bonchev–Trinajstić information content (AvgIpc) is 3.21. The standard InChI is InChI=1S/C44H48Cl2F2N6O6S/c1-44(2)15-12-29(36(26-44)28-4-6-30(45)7-5-28)27-52-18-20-53(21-19-52)33-8-10-35(40(24-33)60-41-23-31(47)22-37(48)42(41)46)43(55)50-61(58,59)34-9-11-38(39(25-34)54(56)57)49-32-13-16-51(3)17-14-32/h4-11,22-25,32,49H,12-21,26-27H2,1-3H3,(H,50,55). The molecule has 0 bridgehead atoms. The van der Waals surface area contributed by atoms with Gasteiger partial charge < -0.3 is 19.9 Å². The third-order valence-corrected chi connectivity index (χ3v) is 13.6. The molecule has 4 aromatic rings. The fourth-order valence-corrected chi connectivity index (χ4v) is 9.42. The summed E-state index contributed by atoms with van der Waals surface area (Å²) in [6, 6.07) is 17.3. The monoisotopic (exact) mass is 896 g/mol. The summed E-state index contributed by atoms with van der Waals surface area (Å²) in [6.07, 6.45) is 4.55. The van der Waals surface area contributed by atoms with E-state index in [2.05, 4.69) is 46.0 Å². The maximum Gasteiger partial charge on any atom is 0.293 e. The quantitative estimate of drug-likeness (QED) is 0.0804. The van der Waals surface area contributed by atoms with Crippen molar-refractivity contribution in [1.29, 1.82) is 0 Å². The number of amides is 1. The van der Waals surface area contributed by atoms with Crippen LogP contribution in [-0.4, -0.2) is 88.0 Å². The number of carbonyl (C=O) groups excluding carboxylic acids is 1. The van der Waals surface area contributed by atoms with Gasteiger partial charge in [-0.3, -0.25) is 19.8 Å². The number of ether oxygens (including phenoxy) is 1. The fraction of sp³-hybridized carbons (Fsp3) is 0.386. The zero-order chi connectivity index (χ0) is 43.6. The van der Waals surface area contributed by atoms with Gasteiger partial charge >= 0.3 is 0 Å². The Morgan fingerprint density at radius 2 is 1.64 bits per heavy atom. The molecule has 1 aliphatic carbocycles. The molecule has 3 aliphatic rings. The van der Waals surface area contributed by atoms with Gasteiger partial charge in [0, 0.05) is 73.7 Å². The second-order valence-corrected chi connectivity index (χ2v) is 19.3. The summed E-state index contributed by atoms with van der Waals surface area (Å²) in [4.78, 5) is 31.3. The molecule has 2 fully saturated rings. The van der Waals surface area contributed by atoms with Gasteiger partial charge in [-0.2, -0.15) is 0 Å². The summed E-state index contributed by atoms with van der Waals surface area (Å²) >= 11 is 12.4. The predicted octanol–water partition coefficient (Wildman–Crippen LogP) is 9.38. The van der Waals surface area contributed by atoms with Gasteiger partial charge in [0.05, 0.1) is 15.4 Å². The van der Waals surface area contributed by atoms with Crippen molar-refractivity contribution in [3.8, 4) is 11.5 Å². The SMILES string of the molecule is CN1CCC(Nc2ccc(S(=O)(=O)NC(=O)c3ccc(N4CCN(CC5=C(c6ccc(Cl)cc6)CC(C)(C)CC5)CC4)cc3Oc3cc(F)cc(F)c3Cl)cc2[N+](=O)[O-])CC1. The molecule has 12 nitrogen and oxygen atoms in total. The molecule has 0 atom stereocenters. The molecule has 2 N–H and O–H groups in total. The minimum Gasteiger partial charge on any atom is -0.455 e. The van der Waals surface area contributed by atoms with Crippen LogP contribution in [0.1, 0.15) is 61.9 Å². The number of likely N-dealkylation sites (tertiary alicyclic amines) is 1. The summed E-state index contributed by atoms with van der Waals surface area (Å²) in [5.74, 6) is -3.86. The van der Waals surface area contributed by atoms with Gasteiger partial charge in [0.1, 0.15) is 28.1 Å². The number of nitrogens with one attached hydrogen (secondary N) is 2. The number of piperidine rings is 1. The van der Waals surface area contributed by atoms with E-state index >= 15 is 0 Å². The fourth-order valence-electron chi connectivity index (χ4n) is 8.16. The molecule has 4 aromatic carbocycles. The van der Waals surface area contributed by atoms with Crippen molar-refractivity contribution in [3.05, 3.63) is 121 Å². The van der Waals surface area contributed by atoms with Gasteiger partial charge in [-0.05, 0) is 105 Å². The predicted molar refractivity (Wildman–Crippen MR) is 234 cm³/mol. The van der Waals surface area contributed by atoms with E-state index in [1.807, 2.05) is 23.9 Å². The Morgan fingerprint density at radius 3 is 2.33 bits per heavy atom. The lowest BCUT2D eigenvalue weighted by molar-refractivity contribution is -0.384. The maximum atomic E-state index is 14.5. The van der Waals surface area contributed by atoms with Crippen molar-refractivity contribution in [2.75, 3.05) is 63.1 Å². The second kappa shape index (κ2) is 18.3. The van der Waals surface area contributed by atoms with Crippen LogP contribution < -0.4 is 19.7 Å². The van der Waals surface area contributed by atoms with Crippen molar-refractivity contribution in [3.63, 3.8) is 0 Å². The zero-order valence-electron chi connectivity index (χ0n) is 34.1. The highest BCUT2D eigenvalue weighted by molar-refractivity contribution is 7.90. The van der Waals surface area contributed by atoms with Crippen LogP contribution in [0.5, 0.6) is 11.5 Å². The van der Waals surface area contributed by atoms with Crippen molar-refractivity contribution < 1.29 is 31.7 Å². The van der Waals surface area contributed by atoms with E-state index < -0.39 is 53.8 Å². The number of rotatable bonds is 12. The number of nitro benzene ring substituents is 1. The van der Waals surface area contributed by atoms with E-state index in [4.69, 9.17) is 27.9 Å². The van der Waals surface area contributed by atoms with E-state index in [1.54, 1.807) is 6.07 Å². The van der Waals surface area contributed by atoms with Gasteiger partial charge in [0.25, 0.3) is 21.6 Å². The van der Waals surface area contributed by atoms with Crippen molar-refractivity contribution >= 4 is 61.8 Å². The lowest BCUT2D eigenvalue weighted by Crippen LogP contribution is -2.47. The Bertz CT molecular complexity index is 2450. The van der Waals surface area contributed by atoms with E-state index in [-0.39, 0.29) is 28.5 Å². The summed E-state index contributed by atoms with van der Waals surface area (Å²) in [5, 5.41) is 15.4. The highest BCUT2D eigenvalue weighted by atomic mass is 35.5. The van der Waals surface area contributed by atoms with E-state index in [1.165, 1.54) is 41.0 Å². The zero-order valence-corrected chi connectivity index (χ0v) is 36.5. The molecule has 2 aliphatic heterocycles. The molecule has 1 amide bonds. The number of anilines is 2. The Hall–Kier alpha value is -4.80. The molecule has 0 saturated carbocycles. The second-order valence-electron chi connectivity index (χ2n) is 16.8. The molecule has 61 heavy (non-hydrogen) atoms. The molecular weight excluding hydrogens is 849 g/mol. The van der Waals surface area contributed by atoms with Gasteiger partial charge in [-0.15, -0.1) is 0 Å². The number of halogens is 4. The Balaban J connectivity index is 1.11. The molecule has 0 radical (unpaired) electrons. The van der Waals surface area contributed by atoms with Crippen LogP contribution in [0.3, 0.4) is 0 Å². The summed E-state index contributed by atoms with van der Waals surface area (Å²) in [7, 11) is -2.69. The van der Waals surface area contributed by atoms with Crippen LogP contribution in [0.15, 0.2) is 83.3 Å². The molecule has 324 valence electrons. The van der Waals surface area contributed by atoms with Crippen molar-refractivity contribution in [2.24, 2.45) is 5.41 Å². The van der Waals surface area contributed by atoms with E-state index in [0.29, 0.717) is 29.9 Å². The molecule has 2 heterocycles. The first kappa shape index (κ1) is 44.3. The molecule has 7 rings (SSSR count). The number of nitro groups is 1. The Morgan fingerprint density at radius 1 is 0.934 bits per heavy atom. The largest absolute Gasteiger partial charge is 0.455 e. The maximum absolute atomic E-state index is 14.5. The van der Waals surface area contributed by atoms with Crippen LogP contribution >= 0.6 is 23.2 Å². The summed E-state index contributed by atoms with van der Waals surface area (Å²) < 4.78 is 64.0. The minimum atomic E-state index is -4.68. The summed E-state index contributed by atoms with van der Waals surface area (Å²) in [6.45, 7) is 9.66. The smallest absolute Gasteiger partial charge is 0.293 e. The van der Waals surface area contributed by atoms with Crippen LogP contribution in [-0.2, 0) is 10.0 Å². The molecule has 0 spiro atoms. The first-order valence-electron chi connectivity index (χ1n) is 20.2. The van der Waals surface area contributed by atoms with Crippen LogP contribution in [0.4, 0.5) is 25.8 Å². The van der Waals surface area contributed by atoms with Gasteiger partial charge in [0.15, 0.2) is 5.75 Å². The van der Waals surface area contributed by atoms with Gasteiger partial charge in [0.2, 0.25) is 0 Å². The van der Waals surface area contributed by atoms with Crippen LogP contribution in [0, 0.1) is 27.2 Å². The average molecular weight is 898 g/mol. The first-order valence-corrected chi connectivity index (χ1v) is 22.4. The number of carbonyl (C=O) groups is 1. The number of sulfonamides is 1. The number of piperazine rings is 1. The first-order chi connectivity index (χ1) is 28.9. The lowest BCUT2D eigenvalue weighted by atomic mass is 9.72. The van der Waals surface area contributed by atoms with E-state index in [0.717, 1.165) is 77.0 Å².